The fourth-order valence-corrected chi connectivity index (χ4v) is 1.10. The van der Waals surface area contributed by atoms with Gasteiger partial charge in [0.25, 0.3) is 0 Å². The van der Waals surface area contributed by atoms with Crippen molar-refractivity contribution in [3.63, 3.8) is 0 Å². The van der Waals surface area contributed by atoms with Crippen LogP contribution in [0.4, 0.5) is 0 Å². The van der Waals surface area contributed by atoms with E-state index in [1.54, 1.807) is 0 Å². The third-order valence-corrected chi connectivity index (χ3v) is 1.69. The molecule has 1 rings (SSSR count). The number of ether oxygens (including phenoxy) is 2. The Kier molecular flexibility index (Phi) is 3.16. The van der Waals surface area contributed by atoms with E-state index in [9.17, 15) is 0 Å². The van der Waals surface area contributed by atoms with Gasteiger partial charge in [0.2, 0.25) is 0 Å². The Labute approximate surface area is 62.5 Å². The molecule has 0 aromatic rings. The third-order valence-electron chi connectivity index (χ3n) is 1.69. The lowest BCUT2D eigenvalue weighted by Crippen LogP contribution is -2.08. The topological polar surface area (TPSA) is 18.5 Å². The van der Waals surface area contributed by atoms with Gasteiger partial charge in [-0.3, -0.25) is 0 Å². The molecule has 1 saturated heterocycles. The van der Waals surface area contributed by atoms with Crippen molar-refractivity contribution in [2.75, 3.05) is 6.61 Å². The number of unbranched alkanes of at least 4 members (excludes halogenated alkanes) is 1. The lowest BCUT2D eigenvalue weighted by Gasteiger charge is -2.07. The maximum atomic E-state index is 5.44. The van der Waals surface area contributed by atoms with Crippen LogP contribution < -0.4 is 0 Å². The first kappa shape index (κ1) is 8.02. The van der Waals surface area contributed by atoms with Gasteiger partial charge in [0, 0.05) is 0 Å². The minimum atomic E-state index is 0.0925. The van der Waals surface area contributed by atoms with Gasteiger partial charge < -0.3 is 9.47 Å². The van der Waals surface area contributed by atoms with Crippen LogP contribution in [0.15, 0.2) is 0 Å². The second-order valence-electron chi connectivity index (χ2n) is 2.85. The Morgan fingerprint density at radius 3 is 2.80 bits per heavy atom. The van der Waals surface area contributed by atoms with Crippen LogP contribution in [0.5, 0.6) is 0 Å². The van der Waals surface area contributed by atoms with E-state index in [1.165, 1.54) is 12.8 Å². The second kappa shape index (κ2) is 3.94. The van der Waals surface area contributed by atoms with Gasteiger partial charge in [0.1, 0.15) is 0 Å². The van der Waals surface area contributed by atoms with Gasteiger partial charge in [0.05, 0.1) is 12.7 Å². The smallest absolute Gasteiger partial charge is 0.158 e. The molecule has 1 fully saturated rings. The fourth-order valence-electron chi connectivity index (χ4n) is 1.10. The van der Waals surface area contributed by atoms with Gasteiger partial charge >= 0.3 is 0 Å². The molecule has 10 heavy (non-hydrogen) atoms. The van der Waals surface area contributed by atoms with E-state index in [-0.39, 0.29) is 6.29 Å². The molecule has 0 aliphatic carbocycles. The predicted octanol–water partition coefficient (Wildman–Crippen LogP) is 1.94. The Morgan fingerprint density at radius 2 is 2.30 bits per heavy atom. The van der Waals surface area contributed by atoms with Crippen molar-refractivity contribution >= 4 is 0 Å². The van der Waals surface area contributed by atoms with Gasteiger partial charge in [0.15, 0.2) is 6.29 Å². The highest BCUT2D eigenvalue weighted by atomic mass is 16.7. The molecule has 0 radical (unpaired) electrons. The predicted molar refractivity (Wildman–Crippen MR) is 39.8 cm³/mol. The summed E-state index contributed by atoms with van der Waals surface area (Å²) in [6, 6.07) is 0. The lowest BCUT2D eigenvalue weighted by molar-refractivity contribution is -0.0601. The van der Waals surface area contributed by atoms with Crippen LogP contribution >= 0.6 is 0 Å². The molecule has 0 saturated carbocycles. The molecule has 0 amide bonds. The van der Waals surface area contributed by atoms with Crippen LogP contribution in [0, 0.1) is 0 Å². The largest absolute Gasteiger partial charge is 0.350 e. The first-order chi connectivity index (χ1) is 4.83. The quantitative estimate of drug-likeness (QED) is 0.602. The summed E-state index contributed by atoms with van der Waals surface area (Å²) in [5.74, 6) is 0. The molecule has 2 nitrogen and oxygen atoms in total. The zero-order chi connectivity index (χ0) is 7.40. The maximum absolute atomic E-state index is 5.44. The number of hydrogen-bond donors (Lipinski definition) is 0. The number of hydrogen-bond acceptors (Lipinski definition) is 2. The summed E-state index contributed by atoms with van der Waals surface area (Å²) in [5, 5.41) is 0. The van der Waals surface area contributed by atoms with Crippen molar-refractivity contribution in [1.82, 2.24) is 0 Å². The Bertz CT molecular complexity index is 93.3. The summed E-state index contributed by atoms with van der Waals surface area (Å²) in [6.07, 6.45) is 3.88. The Morgan fingerprint density at radius 1 is 1.50 bits per heavy atom. The summed E-state index contributed by atoms with van der Waals surface area (Å²) in [7, 11) is 0. The molecular weight excluding hydrogens is 128 g/mol. The molecule has 1 aliphatic rings. The fraction of sp³-hybridized carbons (Fsp3) is 1.00. The SMILES string of the molecule is CCCC[C@H]1OC[C@@H](C)O1. The number of rotatable bonds is 3. The zero-order valence-electron chi connectivity index (χ0n) is 6.80. The highest BCUT2D eigenvalue weighted by molar-refractivity contribution is 4.59. The standard InChI is InChI=1S/C8H16O2/c1-3-4-5-8-9-6-7(2)10-8/h7-8H,3-6H2,1-2H3/t7-,8+/m1/s1. The zero-order valence-corrected chi connectivity index (χ0v) is 6.80. The minimum Gasteiger partial charge on any atom is -0.350 e. The van der Waals surface area contributed by atoms with Crippen LogP contribution in [0.3, 0.4) is 0 Å². The average Bonchev–Trinajstić information content (AvgIpc) is 2.31. The third kappa shape index (κ3) is 2.27. The summed E-state index contributed by atoms with van der Waals surface area (Å²) in [5.41, 5.74) is 0. The van der Waals surface area contributed by atoms with Crippen LogP contribution in [-0.4, -0.2) is 19.0 Å². The molecule has 60 valence electrons. The summed E-state index contributed by atoms with van der Waals surface area (Å²) >= 11 is 0. The highest BCUT2D eigenvalue weighted by Gasteiger charge is 2.20. The normalized spacial score (nSPS) is 33.0. The summed E-state index contributed by atoms with van der Waals surface area (Å²) < 4.78 is 10.8. The molecular formula is C8H16O2. The van der Waals surface area contributed by atoms with Crippen molar-refractivity contribution in [3.8, 4) is 0 Å². The molecule has 1 heterocycles. The van der Waals surface area contributed by atoms with E-state index >= 15 is 0 Å². The van der Waals surface area contributed by atoms with Crippen molar-refractivity contribution in [1.29, 1.82) is 0 Å². The monoisotopic (exact) mass is 144 g/mol. The molecule has 0 aromatic carbocycles. The van der Waals surface area contributed by atoms with Crippen LogP contribution in [0.1, 0.15) is 33.1 Å². The van der Waals surface area contributed by atoms with E-state index < -0.39 is 0 Å². The summed E-state index contributed by atoms with van der Waals surface area (Å²) in [6.45, 7) is 5.00. The van der Waals surface area contributed by atoms with Crippen molar-refractivity contribution in [3.05, 3.63) is 0 Å². The van der Waals surface area contributed by atoms with Gasteiger partial charge in [-0.15, -0.1) is 0 Å². The molecule has 0 bridgehead atoms. The van der Waals surface area contributed by atoms with Gasteiger partial charge in [-0.2, -0.15) is 0 Å². The minimum absolute atomic E-state index is 0.0925. The molecule has 0 unspecified atom stereocenters. The van der Waals surface area contributed by atoms with Gasteiger partial charge in [-0.1, -0.05) is 13.3 Å². The highest BCUT2D eigenvalue weighted by Crippen LogP contribution is 2.15. The molecule has 2 atom stereocenters. The maximum Gasteiger partial charge on any atom is 0.158 e. The second-order valence-corrected chi connectivity index (χ2v) is 2.85. The average molecular weight is 144 g/mol. The van der Waals surface area contributed by atoms with E-state index in [4.69, 9.17) is 9.47 Å². The molecule has 2 heteroatoms. The van der Waals surface area contributed by atoms with Crippen LogP contribution in [-0.2, 0) is 9.47 Å². The van der Waals surface area contributed by atoms with Crippen LogP contribution in [0.2, 0.25) is 0 Å². The molecule has 0 aromatic heterocycles. The molecule has 0 N–H and O–H groups in total. The van der Waals surface area contributed by atoms with E-state index in [0.717, 1.165) is 13.0 Å². The summed E-state index contributed by atoms with van der Waals surface area (Å²) in [4.78, 5) is 0. The lowest BCUT2D eigenvalue weighted by atomic mass is 10.2. The first-order valence-electron chi connectivity index (χ1n) is 4.10. The molecule has 0 spiro atoms. The van der Waals surface area contributed by atoms with Crippen molar-refractivity contribution in [2.45, 2.75) is 45.5 Å². The van der Waals surface area contributed by atoms with Crippen molar-refractivity contribution < 1.29 is 9.47 Å². The Balaban J connectivity index is 2.06. The van der Waals surface area contributed by atoms with Crippen LogP contribution in [0.25, 0.3) is 0 Å². The van der Waals surface area contributed by atoms with Gasteiger partial charge in [-0.05, 0) is 19.8 Å². The van der Waals surface area contributed by atoms with E-state index in [2.05, 4.69) is 6.92 Å². The Hall–Kier alpha value is -0.0800. The first-order valence-corrected chi connectivity index (χ1v) is 4.10. The van der Waals surface area contributed by atoms with E-state index in [0.29, 0.717) is 6.10 Å². The van der Waals surface area contributed by atoms with Crippen molar-refractivity contribution in [2.24, 2.45) is 0 Å². The van der Waals surface area contributed by atoms with E-state index in [1.807, 2.05) is 6.92 Å². The van der Waals surface area contributed by atoms with Gasteiger partial charge in [-0.25, -0.2) is 0 Å². The molecule has 1 aliphatic heterocycles.